The normalized spacial score (nSPS) is 15.2. The van der Waals surface area contributed by atoms with E-state index >= 15 is 0 Å². The van der Waals surface area contributed by atoms with E-state index in [1.165, 1.54) is 4.68 Å². The van der Waals surface area contributed by atoms with Crippen LogP contribution in [-0.4, -0.2) is 32.3 Å². The first-order valence-corrected chi connectivity index (χ1v) is 9.93. The minimum atomic E-state index is -4.60. The Kier molecular flexibility index (Phi) is 5.32. The second-order valence-electron chi connectivity index (χ2n) is 7.80. The number of fused-ring (bicyclic) bond motifs is 1. The molecular formula is C21H22F3N5O2. The number of halogens is 3. The second-order valence-corrected chi connectivity index (χ2v) is 7.80. The molecule has 3 aromatic heterocycles. The molecule has 1 saturated carbocycles. The number of hydrogen-bond donors (Lipinski definition) is 1. The molecule has 0 spiro atoms. The summed E-state index contributed by atoms with van der Waals surface area (Å²) in [5.74, 6) is -0.723. The fraction of sp³-hybridized carbons (Fsp3) is 0.429. The number of aromatic nitrogens is 4. The third kappa shape index (κ3) is 4.47. The lowest BCUT2D eigenvalue weighted by atomic mass is 10.1. The van der Waals surface area contributed by atoms with Gasteiger partial charge in [-0.25, -0.2) is 0 Å². The molecule has 0 saturated heterocycles. The van der Waals surface area contributed by atoms with Gasteiger partial charge in [0.05, 0.1) is 22.7 Å². The van der Waals surface area contributed by atoms with Crippen molar-refractivity contribution >= 4 is 16.9 Å². The fourth-order valence-electron chi connectivity index (χ4n) is 3.44. The molecule has 31 heavy (non-hydrogen) atoms. The van der Waals surface area contributed by atoms with Crippen LogP contribution in [0.3, 0.4) is 0 Å². The zero-order valence-electron chi connectivity index (χ0n) is 17.3. The maximum absolute atomic E-state index is 13.8. The number of rotatable bonds is 6. The van der Waals surface area contributed by atoms with Crippen LogP contribution in [0.4, 0.5) is 13.2 Å². The van der Waals surface area contributed by atoms with E-state index in [0.29, 0.717) is 5.69 Å². The summed E-state index contributed by atoms with van der Waals surface area (Å²) in [7, 11) is 1.55. The molecule has 0 bridgehead atoms. The summed E-state index contributed by atoms with van der Waals surface area (Å²) < 4.78 is 47.9. The van der Waals surface area contributed by atoms with Crippen molar-refractivity contribution in [2.45, 2.75) is 44.8 Å². The molecular weight excluding hydrogens is 411 g/mol. The molecule has 1 amide bonds. The molecule has 10 heteroatoms. The van der Waals surface area contributed by atoms with Crippen molar-refractivity contribution < 1.29 is 22.7 Å². The van der Waals surface area contributed by atoms with Crippen LogP contribution in [0.1, 0.15) is 54.2 Å². The third-order valence-corrected chi connectivity index (χ3v) is 5.23. The smallest absolute Gasteiger partial charge is 0.417 e. The van der Waals surface area contributed by atoms with Crippen LogP contribution >= 0.6 is 0 Å². The lowest BCUT2D eigenvalue weighted by Crippen LogP contribution is -2.31. The predicted molar refractivity (Wildman–Crippen MR) is 107 cm³/mol. The number of carbonyl (C=O) groups is 1. The number of carbonyl (C=O) groups excluding carboxylic acids is 1. The summed E-state index contributed by atoms with van der Waals surface area (Å²) in [6, 6.07) is 4.19. The highest BCUT2D eigenvalue weighted by Gasteiger charge is 2.39. The number of nitrogens with zero attached hydrogens (tertiary/aromatic N) is 4. The zero-order chi connectivity index (χ0) is 22.3. The average Bonchev–Trinajstić information content (AvgIpc) is 3.50. The van der Waals surface area contributed by atoms with Gasteiger partial charge in [0.15, 0.2) is 12.3 Å². The largest absolute Gasteiger partial charge is 0.467 e. The quantitative estimate of drug-likeness (QED) is 0.639. The van der Waals surface area contributed by atoms with E-state index in [1.807, 2.05) is 19.1 Å². The van der Waals surface area contributed by atoms with Gasteiger partial charge in [0, 0.05) is 30.9 Å². The highest BCUT2D eigenvalue weighted by atomic mass is 19.4. The summed E-state index contributed by atoms with van der Waals surface area (Å²) in [5, 5.41) is 7.00. The molecule has 164 valence electrons. The minimum absolute atomic E-state index is 0.00907. The number of amides is 1. The average molecular weight is 433 g/mol. The number of hydrogen-bond acceptors (Lipinski definition) is 5. The second kappa shape index (κ2) is 7.82. The number of alkyl halides is 3. The third-order valence-electron chi connectivity index (χ3n) is 5.23. The molecule has 3 heterocycles. The molecule has 1 fully saturated rings. The lowest BCUT2D eigenvalue weighted by molar-refractivity contribution is -0.136. The van der Waals surface area contributed by atoms with Crippen molar-refractivity contribution in [3.8, 4) is 5.88 Å². The van der Waals surface area contributed by atoms with Crippen molar-refractivity contribution in [1.82, 2.24) is 25.1 Å². The first-order valence-electron chi connectivity index (χ1n) is 9.93. The van der Waals surface area contributed by atoms with Gasteiger partial charge in [-0.3, -0.25) is 14.5 Å². The number of pyridine rings is 2. The van der Waals surface area contributed by atoms with Crippen LogP contribution < -0.4 is 10.1 Å². The Bertz CT molecular complexity index is 1120. The molecule has 1 aliphatic carbocycles. The van der Waals surface area contributed by atoms with Crippen LogP contribution in [-0.2, 0) is 18.0 Å². The zero-order valence-corrected chi connectivity index (χ0v) is 17.3. The molecule has 0 aromatic carbocycles. The van der Waals surface area contributed by atoms with Gasteiger partial charge in [-0.1, -0.05) is 6.07 Å². The Morgan fingerprint density at radius 2 is 2.10 bits per heavy atom. The molecule has 7 nitrogen and oxygen atoms in total. The van der Waals surface area contributed by atoms with Gasteiger partial charge >= 0.3 is 6.18 Å². The van der Waals surface area contributed by atoms with E-state index in [0.717, 1.165) is 30.2 Å². The van der Waals surface area contributed by atoms with E-state index in [4.69, 9.17) is 4.74 Å². The predicted octanol–water partition coefficient (Wildman–Crippen LogP) is 3.82. The van der Waals surface area contributed by atoms with E-state index in [-0.39, 0.29) is 28.9 Å². The Morgan fingerprint density at radius 3 is 2.71 bits per heavy atom. The van der Waals surface area contributed by atoms with Crippen LogP contribution in [0.25, 0.3) is 11.0 Å². The first-order chi connectivity index (χ1) is 14.6. The van der Waals surface area contributed by atoms with Crippen molar-refractivity contribution in [2.75, 3.05) is 6.61 Å². The summed E-state index contributed by atoms with van der Waals surface area (Å²) in [4.78, 5) is 20.6. The Labute approximate surface area is 176 Å². The molecule has 1 aliphatic rings. The number of nitrogens with one attached hydrogen (secondary N) is 1. The van der Waals surface area contributed by atoms with Gasteiger partial charge in [-0.2, -0.15) is 23.3 Å². The molecule has 3 aromatic rings. The molecule has 1 N–H and O–H groups in total. The Morgan fingerprint density at radius 1 is 1.35 bits per heavy atom. The molecule has 1 atom stereocenters. The summed E-state index contributed by atoms with van der Waals surface area (Å²) in [6.45, 7) is 3.17. The van der Waals surface area contributed by atoms with E-state index in [9.17, 15) is 18.0 Å². The highest BCUT2D eigenvalue weighted by molar-refractivity contribution is 5.84. The summed E-state index contributed by atoms with van der Waals surface area (Å²) in [6.07, 6.45) is -1.31. The maximum atomic E-state index is 13.8. The Hall–Kier alpha value is -3.17. The molecule has 1 unspecified atom stereocenters. The van der Waals surface area contributed by atoms with Gasteiger partial charge in [0.1, 0.15) is 0 Å². The van der Waals surface area contributed by atoms with Gasteiger partial charge in [-0.05, 0) is 38.3 Å². The monoisotopic (exact) mass is 433 g/mol. The molecule has 0 aliphatic heterocycles. The van der Waals surface area contributed by atoms with Crippen molar-refractivity contribution in [3.05, 3.63) is 46.9 Å². The minimum Gasteiger partial charge on any atom is -0.467 e. The van der Waals surface area contributed by atoms with E-state index < -0.39 is 24.3 Å². The van der Waals surface area contributed by atoms with Gasteiger partial charge in [0.2, 0.25) is 5.88 Å². The van der Waals surface area contributed by atoms with Gasteiger partial charge < -0.3 is 10.1 Å². The van der Waals surface area contributed by atoms with Crippen molar-refractivity contribution in [1.29, 1.82) is 0 Å². The van der Waals surface area contributed by atoms with Crippen LogP contribution in [0.5, 0.6) is 5.88 Å². The lowest BCUT2D eigenvalue weighted by Gasteiger charge is -2.15. The van der Waals surface area contributed by atoms with Crippen molar-refractivity contribution in [3.63, 3.8) is 0 Å². The van der Waals surface area contributed by atoms with Gasteiger partial charge in [-0.15, -0.1) is 0 Å². The SMILES string of the molecule is Cc1ccc(C(C)NC(=O)COc2cc(C(F)(F)F)c3c(C4CC4)nn(C)c3n2)cn1. The molecule has 0 radical (unpaired) electrons. The van der Waals surface area contributed by atoms with Crippen LogP contribution in [0.15, 0.2) is 24.4 Å². The summed E-state index contributed by atoms with van der Waals surface area (Å²) in [5.41, 5.74) is 1.32. The maximum Gasteiger partial charge on any atom is 0.417 e. The Balaban J connectivity index is 1.52. The summed E-state index contributed by atoms with van der Waals surface area (Å²) >= 11 is 0. The van der Waals surface area contributed by atoms with Crippen LogP contribution in [0.2, 0.25) is 0 Å². The van der Waals surface area contributed by atoms with Crippen LogP contribution in [0, 0.1) is 6.92 Å². The topological polar surface area (TPSA) is 81.9 Å². The number of ether oxygens (including phenoxy) is 1. The highest BCUT2D eigenvalue weighted by Crippen LogP contribution is 2.46. The molecule has 4 rings (SSSR count). The van der Waals surface area contributed by atoms with E-state index in [1.54, 1.807) is 20.2 Å². The first kappa shape index (κ1) is 21.1. The van der Waals surface area contributed by atoms with Crippen molar-refractivity contribution in [2.24, 2.45) is 7.05 Å². The van der Waals surface area contributed by atoms with E-state index in [2.05, 4.69) is 20.4 Å². The van der Waals surface area contributed by atoms with Gasteiger partial charge in [0.25, 0.3) is 5.91 Å². The standard InChI is InChI=1S/C21H22F3N5O2/c1-11-4-5-14(9-25-11)12(2)26-16(30)10-31-17-8-15(21(22,23)24)18-19(13-6-7-13)28-29(3)20(18)27-17/h4-5,8-9,12-13H,6-7,10H2,1-3H3,(H,26,30). The number of aryl methyl sites for hydroxylation is 2. The fourth-order valence-corrected chi connectivity index (χ4v) is 3.44.